The highest BCUT2D eigenvalue weighted by Gasteiger charge is 2.45. The number of hydrazine groups is 1. The van der Waals surface area contributed by atoms with Crippen LogP contribution in [0.25, 0.3) is 11.1 Å². The lowest BCUT2D eigenvalue weighted by atomic mass is 10.00. The van der Waals surface area contributed by atoms with E-state index in [9.17, 15) is 18.0 Å². The number of H-pyrrole nitrogens is 1. The summed E-state index contributed by atoms with van der Waals surface area (Å²) in [5.41, 5.74) is 6.68. The lowest BCUT2D eigenvalue weighted by molar-refractivity contribution is -0.152. The van der Waals surface area contributed by atoms with Crippen LogP contribution in [0.15, 0.2) is 34.2 Å². The van der Waals surface area contributed by atoms with Crippen molar-refractivity contribution in [3.05, 3.63) is 40.3 Å². The first kappa shape index (κ1) is 22.5. The van der Waals surface area contributed by atoms with Gasteiger partial charge in [-0.05, 0) is 55.0 Å². The third-order valence-electron chi connectivity index (χ3n) is 5.04. The Kier molecular flexibility index (Phi) is 6.74. The van der Waals surface area contributed by atoms with Gasteiger partial charge < -0.3 is 20.7 Å². The van der Waals surface area contributed by atoms with Crippen molar-refractivity contribution in [2.45, 2.75) is 38.4 Å². The molecule has 0 saturated carbocycles. The highest BCUT2D eigenvalue weighted by atomic mass is 19.4. The van der Waals surface area contributed by atoms with Crippen LogP contribution in [0.4, 0.5) is 24.8 Å². The van der Waals surface area contributed by atoms with E-state index in [2.05, 4.69) is 25.8 Å². The monoisotopic (exact) mass is 435 g/mol. The summed E-state index contributed by atoms with van der Waals surface area (Å²) in [5, 5.41) is 7.38. The summed E-state index contributed by atoms with van der Waals surface area (Å²) < 4.78 is 40.6. The van der Waals surface area contributed by atoms with Gasteiger partial charge in [-0.1, -0.05) is 0 Å². The summed E-state index contributed by atoms with van der Waals surface area (Å²) in [4.78, 5) is 24.6. The van der Waals surface area contributed by atoms with Crippen LogP contribution in [0.2, 0.25) is 0 Å². The molecule has 0 aliphatic carbocycles. The lowest BCUT2D eigenvalue weighted by Gasteiger charge is -2.38. The number of piperidine rings is 1. The second-order valence-electron chi connectivity index (χ2n) is 7.24. The molecule has 31 heavy (non-hydrogen) atoms. The van der Waals surface area contributed by atoms with Gasteiger partial charge in [-0.25, -0.2) is 15.4 Å². The largest absolute Gasteiger partial charge is 0.408 e. The topological polar surface area (TPSA) is 109 Å². The molecule has 3 rings (SSSR count). The minimum absolute atomic E-state index is 0.00618. The van der Waals surface area contributed by atoms with Gasteiger partial charge in [-0.15, -0.1) is 0 Å². The molecule has 0 amide bonds. The molecule has 0 aromatic carbocycles. The van der Waals surface area contributed by atoms with Gasteiger partial charge >= 0.3 is 6.18 Å². The summed E-state index contributed by atoms with van der Waals surface area (Å²) in [6, 6.07) is 2.90. The first-order valence-corrected chi connectivity index (χ1v) is 9.79. The molecule has 0 bridgehead atoms. The molecular weight excluding hydrogens is 411 g/mol. The third kappa shape index (κ3) is 5.29. The van der Waals surface area contributed by atoms with Gasteiger partial charge in [0.05, 0.1) is 6.21 Å². The van der Waals surface area contributed by atoms with Crippen molar-refractivity contribution in [2.75, 3.05) is 18.5 Å². The second-order valence-corrected chi connectivity index (χ2v) is 7.24. The maximum absolute atomic E-state index is 13.5. The summed E-state index contributed by atoms with van der Waals surface area (Å²) in [6.45, 7) is 2.01. The molecule has 3 heterocycles. The van der Waals surface area contributed by atoms with Crippen LogP contribution in [0.5, 0.6) is 0 Å². The maximum atomic E-state index is 13.5. The van der Waals surface area contributed by atoms with Crippen molar-refractivity contribution in [3.8, 4) is 11.1 Å². The summed E-state index contributed by atoms with van der Waals surface area (Å²) in [7, 11) is 1.62. The van der Waals surface area contributed by atoms with E-state index in [0.29, 0.717) is 24.0 Å². The third-order valence-corrected chi connectivity index (χ3v) is 5.04. The second kappa shape index (κ2) is 9.29. The van der Waals surface area contributed by atoms with E-state index in [-0.39, 0.29) is 30.4 Å². The summed E-state index contributed by atoms with van der Waals surface area (Å²) >= 11 is 0. The first-order chi connectivity index (χ1) is 14.7. The van der Waals surface area contributed by atoms with E-state index in [1.807, 2.05) is 0 Å². The molecule has 8 nitrogen and oxygen atoms in total. The quantitative estimate of drug-likeness (QED) is 0.328. The molecule has 1 saturated heterocycles. The van der Waals surface area contributed by atoms with Crippen LogP contribution in [0.3, 0.4) is 0 Å². The number of aromatic amines is 1. The molecule has 1 fully saturated rings. The van der Waals surface area contributed by atoms with Crippen LogP contribution in [0.1, 0.15) is 24.8 Å². The molecule has 1 aliphatic rings. The van der Waals surface area contributed by atoms with Crippen molar-refractivity contribution in [2.24, 2.45) is 4.99 Å². The lowest BCUT2D eigenvalue weighted by Crippen LogP contribution is -2.49. The fourth-order valence-electron chi connectivity index (χ4n) is 3.63. The van der Waals surface area contributed by atoms with Crippen LogP contribution >= 0.6 is 0 Å². The molecule has 2 aromatic heterocycles. The predicted molar refractivity (Wildman–Crippen MR) is 114 cm³/mol. The Morgan fingerprint density at radius 2 is 2.13 bits per heavy atom. The number of hydrogen-bond donors (Lipinski definition) is 4. The van der Waals surface area contributed by atoms with Gasteiger partial charge in [0.15, 0.2) is 11.7 Å². The van der Waals surface area contributed by atoms with E-state index in [0.717, 1.165) is 11.8 Å². The van der Waals surface area contributed by atoms with Crippen LogP contribution in [-0.4, -0.2) is 47.8 Å². The fourth-order valence-corrected chi connectivity index (χ4v) is 3.63. The molecule has 4 N–H and O–H groups in total. The highest BCUT2D eigenvalue weighted by molar-refractivity contribution is 6.28. The molecule has 1 aliphatic heterocycles. The molecule has 1 atom stereocenters. The molecule has 0 radical (unpaired) electrons. The van der Waals surface area contributed by atoms with Gasteiger partial charge in [-0.3, -0.25) is 4.79 Å². The number of aliphatic imine (C=N–C) groups is 1. The number of nitrogens with one attached hydrogen (secondary N) is 4. The van der Waals surface area contributed by atoms with Crippen LogP contribution < -0.4 is 21.3 Å². The van der Waals surface area contributed by atoms with Crippen LogP contribution in [0, 0.1) is 12.3 Å². The number of halogens is 3. The van der Waals surface area contributed by atoms with Crippen molar-refractivity contribution in [3.63, 3.8) is 0 Å². The maximum Gasteiger partial charge on any atom is 0.408 e. The first-order valence-electron chi connectivity index (χ1n) is 9.79. The predicted octanol–water partition coefficient (Wildman–Crippen LogP) is 3.07. The Morgan fingerprint density at radius 1 is 1.35 bits per heavy atom. The number of pyridine rings is 2. The Balaban J connectivity index is 2.05. The van der Waals surface area contributed by atoms with Gasteiger partial charge in [0.25, 0.3) is 0 Å². The molecule has 166 valence electrons. The average Bonchev–Trinajstić information content (AvgIpc) is 2.73. The Bertz CT molecular complexity index is 1030. The average molecular weight is 435 g/mol. The molecule has 1 unspecified atom stereocenters. The molecular formula is C20H24F3N7O. The number of anilines is 1. The van der Waals surface area contributed by atoms with Crippen molar-refractivity contribution >= 4 is 23.7 Å². The molecule has 2 aromatic rings. The van der Waals surface area contributed by atoms with E-state index in [1.165, 1.54) is 11.0 Å². The summed E-state index contributed by atoms with van der Waals surface area (Å²) in [6.07, 6.45) is -0.701. The van der Waals surface area contributed by atoms with Crippen molar-refractivity contribution in [1.29, 1.82) is 5.41 Å². The number of rotatable bonds is 5. The number of amidine groups is 1. The molecule has 0 spiro atoms. The minimum atomic E-state index is -4.38. The SMILES string of the molecule is CNNC(C=N)=Nc1cc(-c2cc(N3CCCCC3C(F)(F)F)[nH]c(=O)c2)c(C)cn1. The zero-order valence-corrected chi connectivity index (χ0v) is 17.2. The van der Waals surface area contributed by atoms with E-state index >= 15 is 0 Å². The van der Waals surface area contributed by atoms with E-state index in [1.54, 1.807) is 32.3 Å². The van der Waals surface area contributed by atoms with Gasteiger partial charge in [0.2, 0.25) is 5.56 Å². The highest BCUT2D eigenvalue weighted by Crippen LogP contribution is 2.35. The number of aromatic nitrogens is 2. The normalized spacial score (nSPS) is 17.5. The van der Waals surface area contributed by atoms with Gasteiger partial charge in [0, 0.05) is 25.9 Å². The van der Waals surface area contributed by atoms with E-state index in [4.69, 9.17) is 5.41 Å². The van der Waals surface area contributed by atoms with E-state index < -0.39 is 17.8 Å². The zero-order valence-electron chi connectivity index (χ0n) is 17.2. The number of hydrogen-bond acceptors (Lipinski definition) is 6. The Morgan fingerprint density at radius 3 is 2.81 bits per heavy atom. The van der Waals surface area contributed by atoms with Gasteiger partial charge in [-0.2, -0.15) is 13.2 Å². The summed E-state index contributed by atoms with van der Waals surface area (Å²) in [5.74, 6) is 0.648. The van der Waals surface area contributed by atoms with Gasteiger partial charge in [0.1, 0.15) is 11.9 Å². The minimum Gasteiger partial charge on any atom is -0.346 e. The number of alkyl halides is 3. The standard InChI is InChI=1S/C20H24F3N7O/c1-12-11-26-16(27-17(10-24)29-25-2)9-14(12)13-7-18(28-19(31)8-13)30-6-4-3-5-15(30)20(21,22)23/h7-11,15,24-25H,3-6H2,1-2H3,(H,28,31)(H,26,27,29). The number of aryl methyl sites for hydroxylation is 1. The Labute approximate surface area is 177 Å². The number of nitrogens with zero attached hydrogens (tertiary/aromatic N) is 3. The van der Waals surface area contributed by atoms with Crippen LogP contribution in [-0.2, 0) is 0 Å². The Hall–Kier alpha value is -3.21. The van der Waals surface area contributed by atoms with Crippen molar-refractivity contribution in [1.82, 2.24) is 20.8 Å². The molecule has 11 heteroatoms. The van der Waals surface area contributed by atoms with Crippen molar-refractivity contribution < 1.29 is 13.2 Å². The smallest absolute Gasteiger partial charge is 0.346 e. The fraction of sp³-hybridized carbons (Fsp3) is 0.400. The zero-order chi connectivity index (χ0) is 22.6.